The number of nitrogens with zero attached hydrogens (tertiary/aromatic N) is 5. The third-order valence-corrected chi connectivity index (χ3v) is 5.66. The normalized spacial score (nSPS) is 13.5. The number of benzene rings is 2. The molecule has 166 valence electrons. The maximum Gasteiger partial charge on any atom is 0.416 e. The van der Waals surface area contributed by atoms with Gasteiger partial charge in [0.25, 0.3) is 5.91 Å². The number of carbonyl (C=O) groups is 1. The van der Waals surface area contributed by atoms with Crippen LogP contribution in [0.25, 0.3) is 22.5 Å². The number of anilines is 1. The van der Waals surface area contributed by atoms with Gasteiger partial charge in [0, 0.05) is 36.3 Å². The number of aromatic nitrogens is 4. The number of fused-ring (bicyclic) bond motifs is 1. The van der Waals surface area contributed by atoms with E-state index in [1.54, 1.807) is 43.7 Å². The Morgan fingerprint density at radius 1 is 1.00 bits per heavy atom. The SMILES string of the molecule is Cn1c(O)nnc1-c1cnccc1-c1cccc(N2Cc3c(cccc3C(F)(F)F)C2=O)c1. The van der Waals surface area contributed by atoms with Crippen molar-refractivity contribution >= 4 is 11.6 Å². The van der Waals surface area contributed by atoms with Crippen LogP contribution < -0.4 is 4.90 Å². The van der Waals surface area contributed by atoms with Gasteiger partial charge in [-0.3, -0.25) is 14.3 Å². The number of halogens is 3. The van der Waals surface area contributed by atoms with E-state index in [0.29, 0.717) is 28.2 Å². The van der Waals surface area contributed by atoms with E-state index < -0.39 is 17.6 Å². The monoisotopic (exact) mass is 451 g/mol. The third-order valence-electron chi connectivity index (χ3n) is 5.66. The predicted molar refractivity (Wildman–Crippen MR) is 113 cm³/mol. The summed E-state index contributed by atoms with van der Waals surface area (Å²) < 4.78 is 41.8. The molecule has 33 heavy (non-hydrogen) atoms. The highest BCUT2D eigenvalue weighted by Gasteiger charge is 2.39. The van der Waals surface area contributed by atoms with Crippen molar-refractivity contribution in [2.24, 2.45) is 7.05 Å². The first-order chi connectivity index (χ1) is 15.8. The van der Waals surface area contributed by atoms with Crippen molar-refractivity contribution < 1.29 is 23.1 Å². The summed E-state index contributed by atoms with van der Waals surface area (Å²) in [6.45, 7) is -0.173. The Hall–Kier alpha value is -4.21. The molecule has 0 aliphatic carbocycles. The van der Waals surface area contributed by atoms with Crippen LogP contribution in [0.4, 0.5) is 18.9 Å². The molecule has 2 aromatic carbocycles. The van der Waals surface area contributed by atoms with E-state index in [2.05, 4.69) is 15.2 Å². The van der Waals surface area contributed by atoms with Crippen molar-refractivity contribution in [2.75, 3.05) is 4.90 Å². The lowest BCUT2D eigenvalue weighted by Gasteiger charge is -2.18. The van der Waals surface area contributed by atoms with Gasteiger partial charge < -0.3 is 10.0 Å². The lowest BCUT2D eigenvalue weighted by molar-refractivity contribution is -0.138. The molecule has 3 heterocycles. The summed E-state index contributed by atoms with van der Waals surface area (Å²) in [6.07, 6.45) is -1.37. The summed E-state index contributed by atoms with van der Waals surface area (Å²) in [4.78, 5) is 18.4. The minimum atomic E-state index is -4.54. The minimum Gasteiger partial charge on any atom is -0.479 e. The number of rotatable bonds is 3. The van der Waals surface area contributed by atoms with E-state index >= 15 is 0 Å². The zero-order chi connectivity index (χ0) is 23.3. The van der Waals surface area contributed by atoms with Gasteiger partial charge in [-0.1, -0.05) is 23.3 Å². The molecule has 4 aromatic rings. The molecule has 10 heteroatoms. The zero-order valence-electron chi connectivity index (χ0n) is 17.2. The molecule has 1 N–H and O–H groups in total. The molecule has 7 nitrogen and oxygen atoms in total. The Kier molecular flexibility index (Phi) is 4.66. The number of aromatic hydroxyl groups is 1. The maximum atomic E-state index is 13.5. The van der Waals surface area contributed by atoms with E-state index in [9.17, 15) is 23.1 Å². The molecule has 0 atom stereocenters. The second-order valence-corrected chi connectivity index (χ2v) is 7.57. The topological polar surface area (TPSA) is 84.1 Å². The summed E-state index contributed by atoms with van der Waals surface area (Å²) in [5.41, 5.74) is 1.69. The van der Waals surface area contributed by atoms with Crippen molar-refractivity contribution in [2.45, 2.75) is 12.7 Å². The van der Waals surface area contributed by atoms with Gasteiger partial charge in [-0.05, 0) is 47.0 Å². The highest BCUT2D eigenvalue weighted by atomic mass is 19.4. The van der Waals surface area contributed by atoms with Crippen LogP contribution in [-0.2, 0) is 19.8 Å². The second kappa shape index (κ2) is 7.44. The predicted octanol–water partition coefficient (Wildman–Crippen LogP) is 4.43. The molecule has 5 rings (SSSR count). The summed E-state index contributed by atoms with van der Waals surface area (Å²) in [7, 11) is 1.61. The number of hydrogen-bond acceptors (Lipinski definition) is 5. The van der Waals surface area contributed by atoms with E-state index in [1.807, 2.05) is 6.07 Å². The smallest absolute Gasteiger partial charge is 0.416 e. The Labute approximate surface area is 185 Å². The molecule has 0 bridgehead atoms. The largest absolute Gasteiger partial charge is 0.479 e. The van der Waals surface area contributed by atoms with Gasteiger partial charge in [-0.2, -0.15) is 13.2 Å². The van der Waals surface area contributed by atoms with Gasteiger partial charge >= 0.3 is 12.2 Å². The highest BCUT2D eigenvalue weighted by Crippen LogP contribution is 2.39. The highest BCUT2D eigenvalue weighted by molar-refractivity contribution is 6.10. The molecular formula is C23H16F3N5O2. The van der Waals surface area contributed by atoms with E-state index in [-0.39, 0.29) is 23.7 Å². The summed E-state index contributed by atoms with van der Waals surface area (Å²) in [6, 6.07) is 12.1. The molecule has 0 unspecified atom stereocenters. The zero-order valence-corrected chi connectivity index (χ0v) is 17.2. The first-order valence-corrected chi connectivity index (χ1v) is 9.90. The first-order valence-electron chi connectivity index (χ1n) is 9.90. The second-order valence-electron chi connectivity index (χ2n) is 7.57. The molecule has 0 radical (unpaired) electrons. The average molecular weight is 451 g/mol. The number of amides is 1. The van der Waals surface area contributed by atoms with Crippen LogP contribution >= 0.6 is 0 Å². The molecule has 2 aromatic heterocycles. The van der Waals surface area contributed by atoms with Crippen molar-refractivity contribution in [3.8, 4) is 28.5 Å². The van der Waals surface area contributed by atoms with Crippen molar-refractivity contribution in [3.05, 3.63) is 77.6 Å². The molecular weight excluding hydrogens is 435 g/mol. The molecule has 0 saturated carbocycles. The lowest BCUT2D eigenvalue weighted by Crippen LogP contribution is -2.23. The summed E-state index contributed by atoms with van der Waals surface area (Å²) in [5, 5.41) is 17.4. The maximum absolute atomic E-state index is 13.5. The number of carbonyl (C=O) groups excluding carboxylic acids is 1. The molecule has 1 aliphatic heterocycles. The summed E-state index contributed by atoms with van der Waals surface area (Å²) >= 11 is 0. The van der Waals surface area contributed by atoms with Gasteiger partial charge in [0.15, 0.2) is 5.82 Å². The fraction of sp³-hybridized carbons (Fsp3) is 0.130. The van der Waals surface area contributed by atoms with Crippen LogP contribution in [-0.4, -0.2) is 30.8 Å². The number of alkyl halides is 3. The van der Waals surface area contributed by atoms with Crippen molar-refractivity contribution in [1.29, 1.82) is 0 Å². The first kappa shape index (κ1) is 20.7. The molecule has 0 spiro atoms. The molecule has 0 saturated heterocycles. The standard InChI is InChI=1S/C23H16F3N5O2/c1-30-20(28-29-22(30)33)17-11-27-9-8-15(17)13-4-2-5-14(10-13)31-12-18-16(21(31)32)6-3-7-19(18)23(24,25)26/h2-11H,12H2,1H3,(H,29,33). The van der Waals surface area contributed by atoms with E-state index in [0.717, 1.165) is 6.07 Å². The number of hydrogen-bond donors (Lipinski definition) is 1. The van der Waals surface area contributed by atoms with Crippen LogP contribution in [0.1, 0.15) is 21.5 Å². The van der Waals surface area contributed by atoms with Gasteiger partial charge in [0.2, 0.25) is 0 Å². The van der Waals surface area contributed by atoms with Gasteiger partial charge in [0.05, 0.1) is 12.1 Å². The summed E-state index contributed by atoms with van der Waals surface area (Å²) in [5.74, 6) is -0.0955. The van der Waals surface area contributed by atoms with Crippen molar-refractivity contribution in [1.82, 2.24) is 19.7 Å². The molecule has 1 amide bonds. The Balaban J connectivity index is 1.56. The Bertz CT molecular complexity index is 1400. The van der Waals surface area contributed by atoms with Crippen LogP contribution in [0.5, 0.6) is 6.01 Å². The fourth-order valence-electron chi connectivity index (χ4n) is 4.03. The van der Waals surface area contributed by atoms with Crippen LogP contribution in [0.15, 0.2) is 60.9 Å². The Morgan fingerprint density at radius 2 is 1.79 bits per heavy atom. The Morgan fingerprint density at radius 3 is 2.52 bits per heavy atom. The third kappa shape index (κ3) is 3.39. The van der Waals surface area contributed by atoms with Crippen LogP contribution in [0.3, 0.4) is 0 Å². The molecule has 0 fully saturated rings. The van der Waals surface area contributed by atoms with Crippen LogP contribution in [0.2, 0.25) is 0 Å². The fourth-order valence-corrected chi connectivity index (χ4v) is 4.03. The van der Waals surface area contributed by atoms with Gasteiger partial charge in [-0.15, -0.1) is 5.10 Å². The average Bonchev–Trinajstić information content (AvgIpc) is 3.32. The lowest BCUT2D eigenvalue weighted by atomic mass is 10.0. The number of pyridine rings is 1. The minimum absolute atomic E-state index is 0.0282. The molecule has 1 aliphatic rings. The van der Waals surface area contributed by atoms with E-state index in [4.69, 9.17) is 0 Å². The van der Waals surface area contributed by atoms with Gasteiger partial charge in [-0.25, -0.2) is 0 Å². The van der Waals surface area contributed by atoms with Crippen molar-refractivity contribution in [3.63, 3.8) is 0 Å². The van der Waals surface area contributed by atoms with E-state index in [1.165, 1.54) is 21.6 Å². The van der Waals surface area contributed by atoms with Gasteiger partial charge in [0.1, 0.15) is 0 Å². The van der Waals surface area contributed by atoms with Crippen LogP contribution in [0, 0.1) is 0 Å². The quantitative estimate of drug-likeness (QED) is 0.498.